The third kappa shape index (κ3) is 4.54. The largest absolute Gasteiger partial charge is 0.348 e. The number of carbonyl (C=O) groups excluding carboxylic acids is 2. The van der Waals surface area contributed by atoms with Crippen molar-refractivity contribution in [2.24, 2.45) is 0 Å². The van der Waals surface area contributed by atoms with Gasteiger partial charge >= 0.3 is 0 Å². The van der Waals surface area contributed by atoms with Gasteiger partial charge in [-0.25, -0.2) is 9.37 Å². The van der Waals surface area contributed by atoms with Crippen molar-refractivity contribution in [2.45, 2.75) is 13.5 Å². The Bertz CT molecular complexity index is 1270. The number of nitrogens with one attached hydrogen (secondary N) is 3. The molecule has 0 saturated carbocycles. The van der Waals surface area contributed by atoms with Crippen LogP contribution in [0.3, 0.4) is 0 Å². The molecule has 3 N–H and O–H groups in total. The Morgan fingerprint density at radius 3 is 2.53 bits per heavy atom. The van der Waals surface area contributed by atoms with Crippen molar-refractivity contribution in [3.05, 3.63) is 101 Å². The van der Waals surface area contributed by atoms with E-state index in [4.69, 9.17) is 0 Å². The minimum Gasteiger partial charge on any atom is -0.348 e. The Morgan fingerprint density at radius 2 is 1.75 bits per heavy atom. The van der Waals surface area contributed by atoms with Crippen LogP contribution in [-0.4, -0.2) is 27.0 Å². The summed E-state index contributed by atoms with van der Waals surface area (Å²) in [5.74, 6) is -0.972. The highest BCUT2D eigenvalue weighted by molar-refractivity contribution is 6.09. The molecule has 0 fully saturated rings. The number of rotatable bonds is 6. The summed E-state index contributed by atoms with van der Waals surface area (Å²) in [6, 6.07) is 18.4. The number of hydrogen-bond acceptors (Lipinski definition) is 4. The lowest BCUT2D eigenvalue weighted by Crippen LogP contribution is -2.25. The first kappa shape index (κ1) is 20.9. The summed E-state index contributed by atoms with van der Waals surface area (Å²) in [7, 11) is 0. The van der Waals surface area contributed by atoms with Crippen molar-refractivity contribution in [1.82, 2.24) is 20.5 Å². The first-order valence-corrected chi connectivity index (χ1v) is 9.91. The van der Waals surface area contributed by atoms with E-state index < -0.39 is 11.7 Å². The Hall–Kier alpha value is -4.33. The predicted molar refractivity (Wildman–Crippen MR) is 119 cm³/mol. The van der Waals surface area contributed by atoms with Crippen LogP contribution in [0.5, 0.6) is 0 Å². The van der Waals surface area contributed by atoms with Crippen LogP contribution >= 0.6 is 0 Å². The molecule has 1 aromatic heterocycles. The number of carbonyl (C=O) groups is 2. The van der Waals surface area contributed by atoms with Gasteiger partial charge in [0.05, 0.1) is 16.8 Å². The first-order valence-electron chi connectivity index (χ1n) is 9.91. The second-order valence-electron chi connectivity index (χ2n) is 7.15. The van der Waals surface area contributed by atoms with E-state index in [9.17, 15) is 14.0 Å². The van der Waals surface area contributed by atoms with Gasteiger partial charge in [-0.15, -0.1) is 0 Å². The molecule has 0 atom stereocenters. The maximum atomic E-state index is 14.0. The lowest BCUT2D eigenvalue weighted by molar-refractivity contribution is 0.0951. The van der Waals surface area contributed by atoms with E-state index in [0.717, 1.165) is 11.1 Å². The van der Waals surface area contributed by atoms with Gasteiger partial charge in [0.2, 0.25) is 0 Å². The number of aromatic amines is 1. The van der Waals surface area contributed by atoms with Gasteiger partial charge < -0.3 is 10.6 Å². The topological polar surface area (TPSA) is 99.8 Å². The van der Waals surface area contributed by atoms with Crippen molar-refractivity contribution < 1.29 is 14.0 Å². The summed E-state index contributed by atoms with van der Waals surface area (Å²) < 4.78 is 14.0. The first-order chi connectivity index (χ1) is 15.5. The maximum Gasteiger partial charge on any atom is 0.258 e. The summed E-state index contributed by atoms with van der Waals surface area (Å²) in [4.78, 5) is 29.6. The fraction of sp³-hybridized carbons (Fsp3) is 0.0833. The summed E-state index contributed by atoms with van der Waals surface area (Å²) in [5, 5.41) is 12.2. The maximum absolute atomic E-state index is 14.0. The third-order valence-corrected chi connectivity index (χ3v) is 4.94. The number of para-hydroxylation sites is 1. The molecule has 2 amide bonds. The van der Waals surface area contributed by atoms with Crippen molar-refractivity contribution in [2.75, 3.05) is 5.32 Å². The summed E-state index contributed by atoms with van der Waals surface area (Å²) in [5.41, 5.74) is 2.95. The smallest absolute Gasteiger partial charge is 0.258 e. The average molecular weight is 429 g/mol. The Balaban J connectivity index is 1.51. The molecule has 0 saturated heterocycles. The van der Waals surface area contributed by atoms with Crippen LogP contribution in [0.4, 0.5) is 10.1 Å². The number of aryl methyl sites for hydroxylation is 1. The van der Waals surface area contributed by atoms with Crippen LogP contribution in [0.1, 0.15) is 31.8 Å². The molecule has 32 heavy (non-hydrogen) atoms. The molecule has 4 aromatic rings. The highest BCUT2D eigenvalue weighted by Gasteiger charge is 2.18. The van der Waals surface area contributed by atoms with Gasteiger partial charge in [-0.3, -0.25) is 14.7 Å². The van der Waals surface area contributed by atoms with Crippen LogP contribution in [0, 0.1) is 12.7 Å². The van der Waals surface area contributed by atoms with E-state index in [1.54, 1.807) is 31.2 Å². The zero-order chi connectivity index (χ0) is 22.5. The SMILES string of the molecule is Cc1cccc(C(=O)NCc2cccc(-c3ncn[nH]3)c2)c1NC(=O)c1ccccc1F. The predicted octanol–water partition coefficient (Wildman–Crippen LogP) is 4.10. The zero-order valence-corrected chi connectivity index (χ0v) is 17.2. The van der Waals surface area contributed by atoms with E-state index in [-0.39, 0.29) is 18.0 Å². The summed E-state index contributed by atoms with van der Waals surface area (Å²) in [6.45, 7) is 2.05. The molecule has 0 aliphatic heterocycles. The van der Waals surface area contributed by atoms with Crippen LogP contribution in [0.2, 0.25) is 0 Å². The average Bonchev–Trinajstić information content (AvgIpc) is 3.34. The number of halogens is 1. The number of H-pyrrole nitrogens is 1. The van der Waals surface area contributed by atoms with Crippen LogP contribution in [-0.2, 0) is 6.54 Å². The number of hydrogen-bond donors (Lipinski definition) is 3. The molecule has 0 aliphatic carbocycles. The van der Waals surface area contributed by atoms with Gasteiger partial charge in [0.1, 0.15) is 12.1 Å². The second kappa shape index (κ2) is 9.22. The van der Waals surface area contributed by atoms with Gasteiger partial charge in [0, 0.05) is 12.1 Å². The minimum absolute atomic E-state index is 0.0913. The molecule has 7 nitrogen and oxygen atoms in total. The Kier molecular flexibility index (Phi) is 6.03. The molecule has 0 aliphatic rings. The normalized spacial score (nSPS) is 10.6. The van der Waals surface area contributed by atoms with E-state index in [1.807, 2.05) is 24.3 Å². The molecule has 0 radical (unpaired) electrons. The molecule has 0 bridgehead atoms. The lowest BCUT2D eigenvalue weighted by atomic mass is 10.1. The standard InChI is InChI=1S/C24H20FN5O2/c1-15-6-4-10-19(21(15)29-24(32)18-9-2-3-11-20(18)25)23(31)26-13-16-7-5-8-17(12-16)22-27-14-28-30-22/h2-12,14H,13H2,1H3,(H,26,31)(H,29,32)(H,27,28,30). The van der Waals surface area contributed by atoms with E-state index in [2.05, 4.69) is 25.8 Å². The number of anilines is 1. The van der Waals surface area contributed by atoms with E-state index >= 15 is 0 Å². The van der Waals surface area contributed by atoms with Gasteiger partial charge in [-0.2, -0.15) is 5.10 Å². The number of benzene rings is 3. The fourth-order valence-corrected chi connectivity index (χ4v) is 3.30. The van der Waals surface area contributed by atoms with Gasteiger partial charge in [0.25, 0.3) is 11.8 Å². The van der Waals surface area contributed by atoms with Crippen LogP contribution < -0.4 is 10.6 Å². The van der Waals surface area contributed by atoms with Crippen molar-refractivity contribution in [3.8, 4) is 11.4 Å². The van der Waals surface area contributed by atoms with E-state index in [0.29, 0.717) is 22.6 Å². The van der Waals surface area contributed by atoms with E-state index in [1.165, 1.54) is 24.5 Å². The number of amides is 2. The lowest BCUT2D eigenvalue weighted by Gasteiger charge is -2.14. The molecular weight excluding hydrogens is 409 g/mol. The molecule has 8 heteroatoms. The highest BCUT2D eigenvalue weighted by atomic mass is 19.1. The minimum atomic E-state index is -0.628. The van der Waals surface area contributed by atoms with Crippen LogP contribution in [0.25, 0.3) is 11.4 Å². The van der Waals surface area contributed by atoms with Crippen LogP contribution in [0.15, 0.2) is 73.1 Å². The van der Waals surface area contributed by atoms with Crippen molar-refractivity contribution >= 4 is 17.5 Å². The molecule has 1 heterocycles. The third-order valence-electron chi connectivity index (χ3n) is 4.94. The Labute approximate surface area is 183 Å². The summed E-state index contributed by atoms with van der Waals surface area (Å²) in [6.07, 6.45) is 1.43. The molecule has 0 unspecified atom stereocenters. The fourth-order valence-electron chi connectivity index (χ4n) is 3.30. The highest BCUT2D eigenvalue weighted by Crippen LogP contribution is 2.22. The monoisotopic (exact) mass is 429 g/mol. The van der Waals surface area contributed by atoms with Gasteiger partial charge in [0.15, 0.2) is 5.82 Å². The summed E-state index contributed by atoms with van der Waals surface area (Å²) >= 11 is 0. The molecule has 0 spiro atoms. The number of nitrogens with zero attached hydrogens (tertiary/aromatic N) is 2. The molecule has 160 valence electrons. The quantitative estimate of drug-likeness (QED) is 0.430. The number of aromatic nitrogens is 3. The molecule has 3 aromatic carbocycles. The second-order valence-corrected chi connectivity index (χ2v) is 7.15. The van der Waals surface area contributed by atoms with Crippen molar-refractivity contribution in [3.63, 3.8) is 0 Å². The zero-order valence-electron chi connectivity index (χ0n) is 17.2. The van der Waals surface area contributed by atoms with Crippen molar-refractivity contribution in [1.29, 1.82) is 0 Å². The van der Waals surface area contributed by atoms with Gasteiger partial charge in [-0.05, 0) is 42.3 Å². The molecule has 4 rings (SSSR count). The Morgan fingerprint density at radius 1 is 0.969 bits per heavy atom. The molecular formula is C24H20FN5O2. The van der Waals surface area contributed by atoms with Gasteiger partial charge in [-0.1, -0.05) is 42.5 Å².